The van der Waals surface area contributed by atoms with Crippen LogP contribution >= 0.6 is 23.2 Å². The largest absolute Gasteiger partial charge is 0.491 e. The molecule has 0 aromatic heterocycles. The molecule has 128 valence electrons. The molecule has 2 N–H and O–H groups in total. The Bertz CT molecular complexity index is 707. The highest BCUT2D eigenvalue weighted by atomic mass is 35.5. The van der Waals surface area contributed by atoms with Crippen LogP contribution in [0, 0.1) is 0 Å². The minimum Gasteiger partial charge on any atom is -0.491 e. The van der Waals surface area contributed by atoms with E-state index in [0.717, 1.165) is 12.2 Å². The fourth-order valence-corrected chi connectivity index (χ4v) is 2.35. The topological polar surface area (TPSA) is 50.4 Å². The molecular weight excluding hydrogens is 347 g/mol. The number of carbonyl (C=O) groups is 1. The van der Waals surface area contributed by atoms with E-state index in [0.29, 0.717) is 21.4 Å². The van der Waals surface area contributed by atoms with Gasteiger partial charge in [-0.2, -0.15) is 0 Å². The third-order valence-electron chi connectivity index (χ3n) is 3.42. The number of amides is 1. The van der Waals surface area contributed by atoms with Crippen LogP contribution in [-0.4, -0.2) is 18.6 Å². The van der Waals surface area contributed by atoms with Gasteiger partial charge in [-0.15, -0.1) is 0 Å². The van der Waals surface area contributed by atoms with Crippen molar-refractivity contribution >= 4 is 40.5 Å². The van der Waals surface area contributed by atoms with Gasteiger partial charge >= 0.3 is 0 Å². The van der Waals surface area contributed by atoms with Crippen LogP contribution in [0.2, 0.25) is 10.0 Å². The smallest absolute Gasteiger partial charge is 0.243 e. The summed E-state index contributed by atoms with van der Waals surface area (Å²) in [5.41, 5.74) is 1.30. The highest BCUT2D eigenvalue weighted by molar-refractivity contribution is 6.43. The Morgan fingerprint density at radius 1 is 1.21 bits per heavy atom. The van der Waals surface area contributed by atoms with Gasteiger partial charge in [-0.05, 0) is 37.6 Å². The second-order valence-electron chi connectivity index (χ2n) is 5.37. The number of rotatable bonds is 7. The molecule has 0 aliphatic rings. The lowest BCUT2D eigenvalue weighted by Crippen LogP contribution is -2.22. The van der Waals surface area contributed by atoms with Gasteiger partial charge in [0.25, 0.3) is 0 Å². The first-order chi connectivity index (χ1) is 11.5. The number of nitrogens with one attached hydrogen (secondary N) is 2. The zero-order valence-corrected chi connectivity index (χ0v) is 15.1. The molecule has 0 heterocycles. The first-order valence-electron chi connectivity index (χ1n) is 7.74. The van der Waals surface area contributed by atoms with Gasteiger partial charge in [-0.25, -0.2) is 0 Å². The second-order valence-corrected chi connectivity index (χ2v) is 6.15. The van der Waals surface area contributed by atoms with Gasteiger partial charge in [-0.3, -0.25) is 4.79 Å². The van der Waals surface area contributed by atoms with Crippen LogP contribution in [0.4, 0.5) is 11.4 Å². The van der Waals surface area contributed by atoms with E-state index in [1.807, 2.05) is 25.1 Å². The number of anilines is 2. The van der Waals surface area contributed by atoms with E-state index in [-0.39, 0.29) is 18.6 Å². The minimum atomic E-state index is -0.188. The fraction of sp³-hybridized carbons (Fsp3) is 0.278. The summed E-state index contributed by atoms with van der Waals surface area (Å²) in [6.07, 6.45) is 1.04. The predicted octanol–water partition coefficient (Wildman–Crippen LogP) is 5.22. The Kier molecular flexibility index (Phi) is 6.76. The quantitative estimate of drug-likeness (QED) is 0.705. The monoisotopic (exact) mass is 366 g/mol. The van der Waals surface area contributed by atoms with Crippen molar-refractivity contribution in [1.82, 2.24) is 0 Å². The third kappa shape index (κ3) is 5.32. The zero-order chi connectivity index (χ0) is 17.5. The molecule has 0 bridgehead atoms. The molecule has 2 rings (SSSR count). The summed E-state index contributed by atoms with van der Waals surface area (Å²) in [6.45, 7) is 4.14. The van der Waals surface area contributed by atoms with Gasteiger partial charge < -0.3 is 15.4 Å². The summed E-state index contributed by atoms with van der Waals surface area (Å²) in [7, 11) is 0. The lowest BCUT2D eigenvalue weighted by molar-refractivity contribution is -0.114. The first-order valence-corrected chi connectivity index (χ1v) is 8.49. The molecule has 0 spiro atoms. The SMILES string of the molecule is CCC(C)Oc1cccc(NC(=O)CNc2cccc(Cl)c2Cl)c1. The number of carbonyl (C=O) groups excluding carboxylic acids is 1. The van der Waals surface area contributed by atoms with Gasteiger partial charge in [0.05, 0.1) is 28.4 Å². The van der Waals surface area contributed by atoms with Crippen LogP contribution in [0.1, 0.15) is 20.3 Å². The summed E-state index contributed by atoms with van der Waals surface area (Å²) in [5.74, 6) is 0.541. The van der Waals surface area contributed by atoms with Crippen molar-refractivity contribution in [2.75, 3.05) is 17.2 Å². The maximum atomic E-state index is 12.1. The van der Waals surface area contributed by atoms with Crippen LogP contribution in [0.15, 0.2) is 42.5 Å². The summed E-state index contributed by atoms with van der Waals surface area (Å²) < 4.78 is 5.74. The average Bonchev–Trinajstić information content (AvgIpc) is 2.56. The molecular formula is C18H20Cl2N2O2. The van der Waals surface area contributed by atoms with Crippen LogP contribution < -0.4 is 15.4 Å². The fourth-order valence-electron chi connectivity index (χ4n) is 1.98. The van der Waals surface area contributed by atoms with Crippen molar-refractivity contribution in [2.24, 2.45) is 0 Å². The maximum absolute atomic E-state index is 12.1. The van der Waals surface area contributed by atoms with Crippen molar-refractivity contribution in [3.05, 3.63) is 52.5 Å². The van der Waals surface area contributed by atoms with Gasteiger partial charge in [-0.1, -0.05) is 42.3 Å². The maximum Gasteiger partial charge on any atom is 0.243 e. The summed E-state index contributed by atoms with van der Waals surface area (Å²) in [5, 5.41) is 6.63. The summed E-state index contributed by atoms with van der Waals surface area (Å²) >= 11 is 12.0. The summed E-state index contributed by atoms with van der Waals surface area (Å²) in [6, 6.07) is 12.6. The molecule has 0 aliphatic carbocycles. The standard InChI is InChI=1S/C18H20Cl2N2O2/c1-3-12(2)24-14-7-4-6-13(10-14)22-17(23)11-21-16-9-5-8-15(19)18(16)20/h4-10,12,21H,3,11H2,1-2H3,(H,22,23). The highest BCUT2D eigenvalue weighted by Crippen LogP contribution is 2.29. The Balaban J connectivity index is 1.92. The molecule has 2 aromatic rings. The van der Waals surface area contributed by atoms with Gasteiger partial charge in [0.1, 0.15) is 5.75 Å². The number of ether oxygens (including phenoxy) is 1. The van der Waals surface area contributed by atoms with Crippen molar-refractivity contribution in [3.8, 4) is 5.75 Å². The Morgan fingerprint density at radius 2 is 1.96 bits per heavy atom. The van der Waals surface area contributed by atoms with E-state index in [2.05, 4.69) is 17.6 Å². The van der Waals surface area contributed by atoms with Crippen LogP contribution in [0.5, 0.6) is 5.75 Å². The van der Waals surface area contributed by atoms with E-state index in [9.17, 15) is 4.79 Å². The van der Waals surface area contributed by atoms with E-state index >= 15 is 0 Å². The molecule has 0 saturated heterocycles. The molecule has 2 aromatic carbocycles. The number of hydrogen-bond acceptors (Lipinski definition) is 3. The predicted molar refractivity (Wildman–Crippen MR) is 100 cm³/mol. The van der Waals surface area contributed by atoms with Crippen molar-refractivity contribution in [2.45, 2.75) is 26.4 Å². The first kappa shape index (κ1) is 18.4. The Morgan fingerprint density at radius 3 is 2.71 bits per heavy atom. The number of hydrogen-bond donors (Lipinski definition) is 2. The molecule has 0 radical (unpaired) electrons. The molecule has 1 unspecified atom stereocenters. The molecule has 4 nitrogen and oxygen atoms in total. The van der Waals surface area contributed by atoms with Crippen molar-refractivity contribution in [3.63, 3.8) is 0 Å². The average molecular weight is 367 g/mol. The molecule has 1 atom stereocenters. The van der Waals surface area contributed by atoms with Crippen LogP contribution in [-0.2, 0) is 4.79 Å². The van der Waals surface area contributed by atoms with Crippen LogP contribution in [0.25, 0.3) is 0 Å². The van der Waals surface area contributed by atoms with E-state index < -0.39 is 0 Å². The zero-order valence-electron chi connectivity index (χ0n) is 13.6. The number of halogens is 2. The van der Waals surface area contributed by atoms with Gasteiger partial charge in [0, 0.05) is 11.8 Å². The molecule has 0 fully saturated rings. The van der Waals surface area contributed by atoms with Crippen molar-refractivity contribution in [1.29, 1.82) is 0 Å². The summed E-state index contributed by atoms with van der Waals surface area (Å²) in [4.78, 5) is 12.1. The van der Waals surface area contributed by atoms with Crippen molar-refractivity contribution < 1.29 is 9.53 Å². The van der Waals surface area contributed by atoms with Crippen LogP contribution in [0.3, 0.4) is 0 Å². The molecule has 6 heteroatoms. The molecule has 0 aliphatic heterocycles. The second kappa shape index (κ2) is 8.81. The third-order valence-corrected chi connectivity index (χ3v) is 4.24. The van der Waals surface area contributed by atoms with E-state index in [4.69, 9.17) is 27.9 Å². The van der Waals surface area contributed by atoms with Gasteiger partial charge in [0.15, 0.2) is 0 Å². The van der Waals surface area contributed by atoms with E-state index in [1.54, 1.807) is 24.3 Å². The van der Waals surface area contributed by atoms with E-state index in [1.165, 1.54) is 0 Å². The minimum absolute atomic E-state index is 0.0799. The molecule has 1 amide bonds. The normalized spacial score (nSPS) is 11.7. The van der Waals surface area contributed by atoms with Gasteiger partial charge in [0.2, 0.25) is 5.91 Å². The molecule has 24 heavy (non-hydrogen) atoms. The lowest BCUT2D eigenvalue weighted by Gasteiger charge is -2.14. The number of benzene rings is 2. The highest BCUT2D eigenvalue weighted by Gasteiger charge is 2.08. The molecule has 0 saturated carbocycles. The Labute approximate surface area is 152 Å². The lowest BCUT2D eigenvalue weighted by atomic mass is 10.2. The Hall–Kier alpha value is -1.91.